The smallest absolute Gasteiger partial charge is 0.0738 e. The normalized spacial score (nSPS) is 13.1. The first kappa shape index (κ1) is 13.0. The topological polar surface area (TPSA) is 17.8 Å². The minimum Gasteiger partial charge on any atom is -0.268 e. The Morgan fingerprint density at radius 1 is 1.40 bits per heavy atom. The van der Waals surface area contributed by atoms with Gasteiger partial charge in [0.1, 0.15) is 0 Å². The van der Waals surface area contributed by atoms with Gasteiger partial charge < -0.3 is 0 Å². The van der Waals surface area contributed by atoms with Gasteiger partial charge in [-0.1, -0.05) is 6.92 Å². The Hall–Kier alpha value is -0.0200. The molecule has 86 valence electrons. The van der Waals surface area contributed by atoms with E-state index in [0.717, 1.165) is 35.4 Å². The van der Waals surface area contributed by atoms with Gasteiger partial charge in [-0.3, -0.25) is 4.68 Å². The zero-order valence-corrected chi connectivity index (χ0v) is 11.9. The second kappa shape index (κ2) is 5.90. The molecule has 0 N–H and O–H groups in total. The maximum atomic E-state index is 5.71. The number of alkyl halides is 1. The second-order valence-electron chi connectivity index (χ2n) is 4.08. The number of hydrogen-bond acceptors (Lipinski definition) is 1. The van der Waals surface area contributed by atoms with Gasteiger partial charge in [0, 0.05) is 18.1 Å². The maximum absolute atomic E-state index is 5.71. The molecule has 0 aromatic carbocycles. The van der Waals surface area contributed by atoms with Crippen LogP contribution in [-0.4, -0.2) is 15.7 Å². The number of hydrogen-bond donors (Lipinski definition) is 0. The molecule has 1 aromatic heterocycles. The first-order valence-corrected chi connectivity index (χ1v) is 6.64. The van der Waals surface area contributed by atoms with E-state index in [1.807, 2.05) is 6.92 Å². The van der Waals surface area contributed by atoms with Crippen LogP contribution in [0.25, 0.3) is 0 Å². The zero-order chi connectivity index (χ0) is 11.4. The number of rotatable bonds is 5. The van der Waals surface area contributed by atoms with Crippen LogP contribution in [0.2, 0.25) is 0 Å². The molecule has 15 heavy (non-hydrogen) atoms. The van der Waals surface area contributed by atoms with Crippen molar-refractivity contribution in [2.24, 2.45) is 5.92 Å². The molecule has 0 fully saturated rings. The SMILES string of the molecule is Cc1nn(CCC(C)CCCl)c(C)c1Br. The Morgan fingerprint density at radius 2 is 2.07 bits per heavy atom. The maximum Gasteiger partial charge on any atom is 0.0738 e. The molecule has 0 aliphatic carbocycles. The number of aromatic nitrogens is 2. The van der Waals surface area contributed by atoms with E-state index in [4.69, 9.17) is 11.6 Å². The summed E-state index contributed by atoms with van der Waals surface area (Å²) in [6.07, 6.45) is 2.23. The molecule has 4 heteroatoms. The van der Waals surface area contributed by atoms with Crippen LogP contribution in [0.5, 0.6) is 0 Å². The molecular weight excluding hydrogens is 275 g/mol. The Morgan fingerprint density at radius 3 is 2.53 bits per heavy atom. The summed E-state index contributed by atoms with van der Waals surface area (Å²) in [5.41, 5.74) is 2.28. The van der Waals surface area contributed by atoms with Crippen molar-refractivity contribution in [2.75, 3.05) is 5.88 Å². The number of nitrogens with zero attached hydrogens (tertiary/aromatic N) is 2. The van der Waals surface area contributed by atoms with Gasteiger partial charge in [-0.25, -0.2) is 0 Å². The highest BCUT2D eigenvalue weighted by molar-refractivity contribution is 9.10. The second-order valence-corrected chi connectivity index (χ2v) is 5.25. The fourth-order valence-electron chi connectivity index (χ4n) is 1.57. The third-order valence-corrected chi connectivity index (χ3v) is 4.09. The summed E-state index contributed by atoms with van der Waals surface area (Å²) >= 11 is 9.24. The van der Waals surface area contributed by atoms with Crippen LogP contribution in [0, 0.1) is 19.8 Å². The molecule has 1 aromatic rings. The quantitative estimate of drug-likeness (QED) is 0.753. The van der Waals surface area contributed by atoms with Crippen LogP contribution in [0.15, 0.2) is 4.47 Å². The van der Waals surface area contributed by atoms with Crippen molar-refractivity contribution in [3.63, 3.8) is 0 Å². The van der Waals surface area contributed by atoms with Crippen LogP contribution in [0.1, 0.15) is 31.2 Å². The van der Waals surface area contributed by atoms with Gasteiger partial charge in [-0.2, -0.15) is 5.10 Å². The molecule has 0 aliphatic rings. The van der Waals surface area contributed by atoms with Crippen LogP contribution < -0.4 is 0 Å². The fourth-order valence-corrected chi connectivity index (χ4v) is 2.22. The van der Waals surface area contributed by atoms with Gasteiger partial charge in [-0.05, 0) is 48.5 Å². The van der Waals surface area contributed by atoms with Crippen molar-refractivity contribution in [1.82, 2.24) is 9.78 Å². The van der Waals surface area contributed by atoms with E-state index in [2.05, 4.69) is 39.6 Å². The van der Waals surface area contributed by atoms with Crippen LogP contribution in [0.4, 0.5) is 0 Å². The highest BCUT2D eigenvalue weighted by atomic mass is 79.9. The van der Waals surface area contributed by atoms with E-state index in [1.54, 1.807) is 0 Å². The van der Waals surface area contributed by atoms with Crippen LogP contribution >= 0.6 is 27.5 Å². The predicted octanol–water partition coefficient (Wildman–Crippen LogP) is 3.92. The van der Waals surface area contributed by atoms with Gasteiger partial charge in [-0.15, -0.1) is 11.6 Å². The first-order chi connectivity index (χ1) is 7.06. The average Bonchev–Trinajstić information content (AvgIpc) is 2.43. The molecular formula is C11H18BrClN2. The Kier molecular flexibility index (Phi) is 5.13. The Labute approximate surface area is 105 Å². The molecule has 0 spiro atoms. The Balaban J connectivity index is 2.54. The molecule has 0 saturated carbocycles. The van der Waals surface area contributed by atoms with E-state index in [1.165, 1.54) is 5.69 Å². The van der Waals surface area contributed by atoms with Crippen molar-refractivity contribution in [2.45, 2.75) is 40.2 Å². The van der Waals surface area contributed by atoms with Gasteiger partial charge >= 0.3 is 0 Å². The molecule has 1 atom stereocenters. The third kappa shape index (κ3) is 3.49. The highest BCUT2D eigenvalue weighted by Crippen LogP contribution is 2.20. The van der Waals surface area contributed by atoms with Crippen LogP contribution in [-0.2, 0) is 6.54 Å². The van der Waals surface area contributed by atoms with E-state index in [0.29, 0.717) is 5.92 Å². The molecule has 1 rings (SSSR count). The molecule has 0 amide bonds. The molecule has 0 bridgehead atoms. The standard InChI is InChI=1S/C11H18BrClN2/c1-8(4-6-13)5-7-15-10(3)11(12)9(2)14-15/h8H,4-7H2,1-3H3. The molecule has 1 unspecified atom stereocenters. The number of halogens is 2. The van der Waals surface area contributed by atoms with Gasteiger partial charge in [0.25, 0.3) is 0 Å². The van der Waals surface area contributed by atoms with E-state index in [-0.39, 0.29) is 0 Å². The van der Waals surface area contributed by atoms with Crippen molar-refractivity contribution in [3.8, 4) is 0 Å². The third-order valence-electron chi connectivity index (χ3n) is 2.73. The van der Waals surface area contributed by atoms with E-state index < -0.39 is 0 Å². The summed E-state index contributed by atoms with van der Waals surface area (Å²) in [5, 5.41) is 4.48. The largest absolute Gasteiger partial charge is 0.268 e. The lowest BCUT2D eigenvalue weighted by atomic mass is 10.1. The lowest BCUT2D eigenvalue weighted by molar-refractivity contribution is 0.444. The van der Waals surface area contributed by atoms with Gasteiger partial charge in [0.2, 0.25) is 0 Å². The summed E-state index contributed by atoms with van der Waals surface area (Å²) in [6, 6.07) is 0. The predicted molar refractivity (Wildman–Crippen MR) is 68.5 cm³/mol. The monoisotopic (exact) mass is 292 g/mol. The highest BCUT2D eigenvalue weighted by Gasteiger charge is 2.09. The fraction of sp³-hybridized carbons (Fsp3) is 0.727. The lowest BCUT2D eigenvalue weighted by Gasteiger charge is -2.10. The van der Waals surface area contributed by atoms with Crippen molar-refractivity contribution in [1.29, 1.82) is 0 Å². The summed E-state index contributed by atoms with van der Waals surface area (Å²) < 4.78 is 3.21. The van der Waals surface area contributed by atoms with Gasteiger partial charge in [0.05, 0.1) is 10.2 Å². The van der Waals surface area contributed by atoms with E-state index >= 15 is 0 Å². The van der Waals surface area contributed by atoms with Crippen LogP contribution in [0.3, 0.4) is 0 Å². The number of aryl methyl sites for hydroxylation is 2. The average molecular weight is 294 g/mol. The van der Waals surface area contributed by atoms with Crippen molar-refractivity contribution < 1.29 is 0 Å². The summed E-state index contributed by atoms with van der Waals surface area (Å²) in [4.78, 5) is 0. The molecule has 0 radical (unpaired) electrons. The van der Waals surface area contributed by atoms with Gasteiger partial charge in [0.15, 0.2) is 0 Å². The summed E-state index contributed by atoms with van der Waals surface area (Å²) in [7, 11) is 0. The first-order valence-electron chi connectivity index (χ1n) is 5.31. The molecule has 0 saturated heterocycles. The zero-order valence-electron chi connectivity index (χ0n) is 9.56. The molecule has 0 aliphatic heterocycles. The molecule has 1 heterocycles. The Bertz CT molecular complexity index is 323. The minimum atomic E-state index is 0.671. The summed E-state index contributed by atoms with van der Waals surface area (Å²) in [6.45, 7) is 7.34. The van der Waals surface area contributed by atoms with Crippen molar-refractivity contribution >= 4 is 27.5 Å². The van der Waals surface area contributed by atoms with Crippen molar-refractivity contribution in [3.05, 3.63) is 15.9 Å². The van der Waals surface area contributed by atoms with E-state index in [9.17, 15) is 0 Å². The lowest BCUT2D eigenvalue weighted by Crippen LogP contribution is -2.07. The minimum absolute atomic E-state index is 0.671. The molecule has 2 nitrogen and oxygen atoms in total. The summed E-state index contributed by atoms with van der Waals surface area (Å²) in [5.74, 6) is 1.42.